The van der Waals surface area contributed by atoms with E-state index in [0.717, 1.165) is 72.9 Å². The molecular formula is C25H29ClN6O2. The highest BCUT2D eigenvalue weighted by Gasteiger charge is 2.25. The molecule has 2 aromatic rings. The number of nitrogens with zero attached hydrogens (tertiary/aromatic N) is 2. The van der Waals surface area contributed by atoms with Gasteiger partial charge in [-0.2, -0.15) is 0 Å². The molecule has 2 aromatic carbocycles. The molecule has 0 spiro atoms. The molecule has 0 aliphatic carbocycles. The maximum Gasteiger partial charge on any atom is 0.273 e. The fraction of sp³-hybridized carbons (Fsp3) is 0.320. The number of morpholine rings is 1. The Bertz CT molecular complexity index is 1120. The highest BCUT2D eigenvalue weighted by molar-refractivity contribution is 6.31. The molecule has 3 heterocycles. The van der Waals surface area contributed by atoms with E-state index in [1.807, 2.05) is 42.5 Å². The fourth-order valence-electron chi connectivity index (χ4n) is 4.35. The topological polar surface area (TPSA) is 80.9 Å². The van der Waals surface area contributed by atoms with Crippen LogP contribution in [0.4, 0.5) is 11.4 Å². The number of allylic oxidation sites excluding steroid dienone is 1. The average Bonchev–Trinajstić information content (AvgIpc) is 2.87. The molecule has 0 unspecified atom stereocenters. The molecule has 0 bridgehead atoms. The Hall–Kier alpha value is -3.36. The number of nitrogens with one attached hydrogen (secondary N) is 4. The first-order chi connectivity index (χ1) is 16.6. The summed E-state index contributed by atoms with van der Waals surface area (Å²) >= 11 is 6.45. The first-order valence-corrected chi connectivity index (χ1v) is 11.9. The number of amides is 1. The van der Waals surface area contributed by atoms with Crippen molar-refractivity contribution < 1.29 is 9.53 Å². The summed E-state index contributed by atoms with van der Waals surface area (Å²) in [6.07, 6.45) is 1.87. The van der Waals surface area contributed by atoms with Crippen LogP contribution in [0.3, 0.4) is 0 Å². The van der Waals surface area contributed by atoms with Crippen LogP contribution in [0.15, 0.2) is 65.8 Å². The first-order valence-electron chi connectivity index (χ1n) is 11.5. The van der Waals surface area contributed by atoms with Gasteiger partial charge in [-0.15, -0.1) is 0 Å². The van der Waals surface area contributed by atoms with Gasteiger partial charge in [-0.05, 0) is 48.9 Å². The molecule has 3 aliphatic heterocycles. The minimum atomic E-state index is -0.211. The van der Waals surface area contributed by atoms with Crippen molar-refractivity contribution in [3.05, 3.63) is 81.9 Å². The second kappa shape index (κ2) is 9.87. The van der Waals surface area contributed by atoms with Crippen LogP contribution >= 0.6 is 11.6 Å². The van der Waals surface area contributed by atoms with Crippen LogP contribution in [0.2, 0.25) is 5.02 Å². The normalized spacial score (nSPS) is 17.8. The molecule has 0 atom stereocenters. The summed E-state index contributed by atoms with van der Waals surface area (Å²) in [6.45, 7) is 7.56. The van der Waals surface area contributed by atoms with E-state index in [9.17, 15) is 4.79 Å². The molecule has 34 heavy (non-hydrogen) atoms. The van der Waals surface area contributed by atoms with E-state index in [2.05, 4.69) is 44.3 Å². The predicted octanol–water partition coefficient (Wildman–Crippen LogP) is 2.69. The Morgan fingerprint density at radius 3 is 2.68 bits per heavy atom. The van der Waals surface area contributed by atoms with E-state index in [1.165, 1.54) is 5.56 Å². The van der Waals surface area contributed by atoms with Crippen LogP contribution in [0.1, 0.15) is 11.1 Å². The van der Waals surface area contributed by atoms with Crippen molar-refractivity contribution in [2.24, 2.45) is 0 Å². The molecule has 3 aliphatic rings. The summed E-state index contributed by atoms with van der Waals surface area (Å²) in [6, 6.07) is 14.0. The third kappa shape index (κ3) is 4.93. The van der Waals surface area contributed by atoms with Crippen molar-refractivity contribution in [3.8, 4) is 0 Å². The molecule has 5 rings (SSSR count). The number of hydrogen-bond acceptors (Lipinski definition) is 7. The second-order valence-corrected chi connectivity index (χ2v) is 9.02. The Kier molecular flexibility index (Phi) is 6.51. The number of benzene rings is 2. The molecule has 1 saturated heterocycles. The standard InChI is InChI=1S/C25H29ClN6O2/c1-17-2-7-21(26)18(14-17)16-32-9-8-27-24-23(32)15-22(29-30-24)25(33)28-19-3-5-20(6-4-19)31-10-12-34-13-11-31/h2-7,14-15,27,29-30H,8-13,16H2,1H3,(H,28,33). The molecule has 0 aromatic heterocycles. The van der Waals surface area contributed by atoms with E-state index in [-0.39, 0.29) is 5.91 Å². The number of carbonyl (C=O) groups is 1. The fourth-order valence-corrected chi connectivity index (χ4v) is 4.53. The van der Waals surface area contributed by atoms with Crippen molar-refractivity contribution in [3.63, 3.8) is 0 Å². The highest BCUT2D eigenvalue weighted by atomic mass is 35.5. The minimum absolute atomic E-state index is 0.211. The van der Waals surface area contributed by atoms with Crippen molar-refractivity contribution in [1.29, 1.82) is 0 Å². The second-order valence-electron chi connectivity index (χ2n) is 8.61. The first kappa shape index (κ1) is 22.4. The van der Waals surface area contributed by atoms with Crippen LogP contribution < -0.4 is 26.4 Å². The summed E-state index contributed by atoms with van der Waals surface area (Å²) in [7, 11) is 0. The highest BCUT2D eigenvalue weighted by Crippen LogP contribution is 2.25. The van der Waals surface area contributed by atoms with Crippen molar-refractivity contribution in [2.75, 3.05) is 49.6 Å². The lowest BCUT2D eigenvalue weighted by atomic mass is 10.1. The van der Waals surface area contributed by atoms with Gasteiger partial charge in [0, 0.05) is 49.1 Å². The smallest absolute Gasteiger partial charge is 0.273 e. The summed E-state index contributed by atoms with van der Waals surface area (Å²) in [5.41, 5.74) is 11.6. The Labute approximate surface area is 204 Å². The monoisotopic (exact) mass is 480 g/mol. The van der Waals surface area contributed by atoms with Gasteiger partial charge in [0.15, 0.2) is 0 Å². The molecule has 178 valence electrons. The van der Waals surface area contributed by atoms with E-state index in [4.69, 9.17) is 16.3 Å². The van der Waals surface area contributed by atoms with Gasteiger partial charge in [0.2, 0.25) is 0 Å². The van der Waals surface area contributed by atoms with Crippen LogP contribution in [0.5, 0.6) is 0 Å². The molecule has 1 amide bonds. The van der Waals surface area contributed by atoms with Crippen molar-refractivity contribution in [2.45, 2.75) is 13.5 Å². The molecular weight excluding hydrogens is 452 g/mol. The SMILES string of the molecule is Cc1ccc(Cl)c(CN2CCNC3=C2C=C(C(=O)Nc2ccc(N4CCOCC4)cc2)NN3)c1. The third-order valence-electron chi connectivity index (χ3n) is 6.19. The molecule has 8 nitrogen and oxygen atoms in total. The van der Waals surface area contributed by atoms with Gasteiger partial charge in [-0.25, -0.2) is 0 Å². The van der Waals surface area contributed by atoms with Crippen molar-refractivity contribution in [1.82, 2.24) is 21.1 Å². The van der Waals surface area contributed by atoms with Crippen LogP contribution in [0.25, 0.3) is 0 Å². The van der Waals surface area contributed by atoms with E-state index in [1.54, 1.807) is 0 Å². The van der Waals surface area contributed by atoms with Crippen LogP contribution in [0, 0.1) is 6.92 Å². The third-order valence-corrected chi connectivity index (χ3v) is 6.56. The largest absolute Gasteiger partial charge is 0.378 e. The molecule has 0 saturated carbocycles. The van der Waals surface area contributed by atoms with Crippen LogP contribution in [-0.2, 0) is 16.1 Å². The van der Waals surface area contributed by atoms with Gasteiger partial charge >= 0.3 is 0 Å². The van der Waals surface area contributed by atoms with Gasteiger partial charge in [-0.3, -0.25) is 15.6 Å². The molecule has 0 radical (unpaired) electrons. The van der Waals surface area contributed by atoms with Crippen LogP contribution in [-0.4, -0.2) is 50.2 Å². The number of hydrazine groups is 1. The van der Waals surface area contributed by atoms with Gasteiger partial charge < -0.3 is 25.2 Å². The summed E-state index contributed by atoms with van der Waals surface area (Å²) < 4.78 is 5.42. The molecule has 1 fully saturated rings. The Morgan fingerprint density at radius 2 is 1.88 bits per heavy atom. The maximum atomic E-state index is 13.0. The summed E-state index contributed by atoms with van der Waals surface area (Å²) in [5.74, 6) is 0.638. The van der Waals surface area contributed by atoms with Crippen molar-refractivity contribution >= 4 is 28.9 Å². The van der Waals surface area contributed by atoms with E-state index >= 15 is 0 Å². The number of hydrogen-bond donors (Lipinski definition) is 4. The van der Waals surface area contributed by atoms with E-state index < -0.39 is 0 Å². The zero-order chi connectivity index (χ0) is 23.5. The number of halogens is 1. The Morgan fingerprint density at radius 1 is 1.09 bits per heavy atom. The van der Waals surface area contributed by atoms with Gasteiger partial charge in [0.25, 0.3) is 5.91 Å². The zero-order valence-corrected chi connectivity index (χ0v) is 19.9. The van der Waals surface area contributed by atoms with Gasteiger partial charge in [0.05, 0.1) is 18.9 Å². The number of rotatable bonds is 5. The predicted molar refractivity (Wildman–Crippen MR) is 134 cm³/mol. The Balaban J connectivity index is 1.29. The van der Waals surface area contributed by atoms with Gasteiger partial charge in [0.1, 0.15) is 11.5 Å². The lowest BCUT2D eigenvalue weighted by Crippen LogP contribution is -2.50. The lowest BCUT2D eigenvalue weighted by Gasteiger charge is -2.36. The minimum Gasteiger partial charge on any atom is -0.378 e. The van der Waals surface area contributed by atoms with Gasteiger partial charge in [-0.1, -0.05) is 29.3 Å². The number of aryl methyl sites for hydroxylation is 1. The number of anilines is 2. The lowest BCUT2D eigenvalue weighted by molar-refractivity contribution is -0.113. The number of ether oxygens (including phenoxy) is 1. The summed E-state index contributed by atoms with van der Waals surface area (Å²) in [5, 5.41) is 7.08. The summed E-state index contributed by atoms with van der Waals surface area (Å²) in [4.78, 5) is 17.5. The van der Waals surface area contributed by atoms with E-state index in [0.29, 0.717) is 12.2 Å². The molecule has 9 heteroatoms. The quantitative estimate of drug-likeness (QED) is 0.524. The number of carbonyl (C=O) groups excluding carboxylic acids is 1. The maximum absolute atomic E-state index is 13.0. The average molecular weight is 481 g/mol. The zero-order valence-electron chi connectivity index (χ0n) is 19.2. The molecule has 4 N–H and O–H groups in total.